The van der Waals surface area contributed by atoms with Crippen LogP contribution in [0.2, 0.25) is 0 Å². The molecule has 5 nitrogen and oxygen atoms in total. The second-order valence-electron chi connectivity index (χ2n) is 7.50. The topological polar surface area (TPSA) is 56.7 Å². The molecule has 0 unspecified atom stereocenters. The van der Waals surface area contributed by atoms with Crippen molar-refractivity contribution in [1.29, 1.82) is 0 Å². The molecule has 1 amide bonds. The van der Waals surface area contributed by atoms with E-state index in [1.54, 1.807) is 7.05 Å². The van der Waals surface area contributed by atoms with Gasteiger partial charge in [-0.05, 0) is 43.9 Å². The molecular formula is C18H35IN4O. The van der Waals surface area contributed by atoms with Gasteiger partial charge in [-0.2, -0.15) is 0 Å². The van der Waals surface area contributed by atoms with Crippen LogP contribution < -0.4 is 10.6 Å². The quantitative estimate of drug-likeness (QED) is 0.385. The Kier molecular flexibility index (Phi) is 9.37. The van der Waals surface area contributed by atoms with Gasteiger partial charge in [0, 0.05) is 39.6 Å². The molecule has 1 saturated carbocycles. The average Bonchev–Trinajstić information content (AvgIpc) is 2.99. The van der Waals surface area contributed by atoms with Gasteiger partial charge in [0.1, 0.15) is 0 Å². The molecule has 1 aliphatic carbocycles. The number of nitrogens with zero attached hydrogens (tertiary/aromatic N) is 2. The van der Waals surface area contributed by atoms with Gasteiger partial charge in [0.25, 0.3) is 0 Å². The van der Waals surface area contributed by atoms with Crippen LogP contribution in [-0.2, 0) is 4.79 Å². The number of amides is 1. The standard InChI is InChI=1S/C18H34N4O.HI/c1-4-20-17(21-14-18(2)9-5-6-10-18)22-11-7-15(8-12-22)13-16(23)19-3;/h15H,4-14H2,1-3H3,(H,19,23)(H,20,21);1H. The minimum atomic E-state index is 0. The van der Waals surface area contributed by atoms with Crippen LogP contribution in [0.4, 0.5) is 0 Å². The predicted octanol–water partition coefficient (Wildman–Crippen LogP) is 3.00. The third kappa shape index (κ3) is 6.41. The number of nitrogens with one attached hydrogen (secondary N) is 2. The van der Waals surface area contributed by atoms with E-state index in [-0.39, 0.29) is 29.9 Å². The minimum Gasteiger partial charge on any atom is -0.359 e. The number of hydrogen-bond donors (Lipinski definition) is 2. The van der Waals surface area contributed by atoms with Gasteiger partial charge in [-0.3, -0.25) is 9.79 Å². The fourth-order valence-corrected chi connectivity index (χ4v) is 3.79. The first-order valence-electron chi connectivity index (χ1n) is 9.30. The maximum Gasteiger partial charge on any atom is 0.220 e. The third-order valence-corrected chi connectivity index (χ3v) is 5.42. The summed E-state index contributed by atoms with van der Waals surface area (Å²) in [5, 5.41) is 6.19. The van der Waals surface area contributed by atoms with Gasteiger partial charge in [0.2, 0.25) is 5.91 Å². The summed E-state index contributed by atoms with van der Waals surface area (Å²) in [5.74, 6) is 1.75. The molecule has 140 valence electrons. The van der Waals surface area contributed by atoms with E-state index in [0.717, 1.165) is 45.0 Å². The number of carbonyl (C=O) groups excluding carboxylic acids is 1. The van der Waals surface area contributed by atoms with Gasteiger partial charge in [-0.15, -0.1) is 24.0 Å². The summed E-state index contributed by atoms with van der Waals surface area (Å²) in [6, 6.07) is 0. The Morgan fingerprint density at radius 1 is 1.25 bits per heavy atom. The predicted molar refractivity (Wildman–Crippen MR) is 111 cm³/mol. The minimum absolute atomic E-state index is 0. The van der Waals surface area contributed by atoms with Crippen LogP contribution in [0.25, 0.3) is 0 Å². The summed E-state index contributed by atoms with van der Waals surface area (Å²) in [4.78, 5) is 18.8. The SMILES string of the molecule is CCNC(=NCC1(C)CCCC1)N1CCC(CC(=O)NC)CC1.I. The molecule has 0 atom stereocenters. The van der Waals surface area contributed by atoms with E-state index in [9.17, 15) is 4.79 Å². The van der Waals surface area contributed by atoms with Crippen LogP contribution in [0.3, 0.4) is 0 Å². The van der Waals surface area contributed by atoms with Crippen LogP contribution in [0.5, 0.6) is 0 Å². The highest BCUT2D eigenvalue weighted by Gasteiger charge is 2.29. The lowest BCUT2D eigenvalue weighted by molar-refractivity contribution is -0.121. The summed E-state index contributed by atoms with van der Waals surface area (Å²) in [6.07, 6.45) is 8.15. The van der Waals surface area contributed by atoms with Gasteiger partial charge in [0.05, 0.1) is 0 Å². The lowest BCUT2D eigenvalue weighted by Crippen LogP contribution is -2.46. The van der Waals surface area contributed by atoms with E-state index in [1.807, 2.05) is 0 Å². The van der Waals surface area contributed by atoms with Crippen molar-refractivity contribution in [3.8, 4) is 0 Å². The number of piperidine rings is 1. The number of aliphatic imine (C=N–C) groups is 1. The molecule has 24 heavy (non-hydrogen) atoms. The molecule has 0 aromatic carbocycles. The Hall–Kier alpha value is -0.530. The third-order valence-electron chi connectivity index (χ3n) is 5.42. The van der Waals surface area contributed by atoms with Crippen molar-refractivity contribution in [2.75, 3.05) is 33.2 Å². The molecule has 1 saturated heterocycles. The molecule has 0 aromatic heterocycles. The van der Waals surface area contributed by atoms with E-state index in [1.165, 1.54) is 25.7 Å². The summed E-state index contributed by atoms with van der Waals surface area (Å²) >= 11 is 0. The van der Waals surface area contributed by atoms with Crippen molar-refractivity contribution in [2.45, 2.75) is 58.8 Å². The molecule has 0 spiro atoms. The van der Waals surface area contributed by atoms with Crippen LogP contribution in [0.15, 0.2) is 4.99 Å². The molecule has 2 N–H and O–H groups in total. The number of guanidine groups is 1. The van der Waals surface area contributed by atoms with Gasteiger partial charge in [-0.1, -0.05) is 19.8 Å². The van der Waals surface area contributed by atoms with Crippen LogP contribution in [-0.4, -0.2) is 50.0 Å². The first-order valence-corrected chi connectivity index (χ1v) is 9.30. The number of likely N-dealkylation sites (tertiary alicyclic amines) is 1. The second-order valence-corrected chi connectivity index (χ2v) is 7.50. The first kappa shape index (κ1) is 21.5. The fraction of sp³-hybridized carbons (Fsp3) is 0.889. The zero-order chi connectivity index (χ0) is 16.7. The van der Waals surface area contributed by atoms with Gasteiger partial charge < -0.3 is 15.5 Å². The lowest BCUT2D eigenvalue weighted by Gasteiger charge is -2.34. The van der Waals surface area contributed by atoms with Crippen molar-refractivity contribution in [3.05, 3.63) is 0 Å². The normalized spacial score (nSPS) is 21.3. The van der Waals surface area contributed by atoms with Crippen molar-refractivity contribution >= 4 is 35.8 Å². The van der Waals surface area contributed by atoms with Crippen LogP contribution in [0.1, 0.15) is 58.8 Å². The van der Waals surface area contributed by atoms with E-state index < -0.39 is 0 Å². The Bertz CT molecular complexity index is 413. The molecule has 2 fully saturated rings. The summed E-state index contributed by atoms with van der Waals surface area (Å²) in [5.41, 5.74) is 0.401. The second kappa shape index (κ2) is 10.5. The maximum absolute atomic E-state index is 11.5. The van der Waals surface area contributed by atoms with Gasteiger partial charge in [0.15, 0.2) is 5.96 Å². The smallest absolute Gasteiger partial charge is 0.220 e. The largest absolute Gasteiger partial charge is 0.359 e. The van der Waals surface area contributed by atoms with Crippen molar-refractivity contribution in [2.24, 2.45) is 16.3 Å². The first-order chi connectivity index (χ1) is 11.1. The molecular weight excluding hydrogens is 415 g/mol. The Morgan fingerprint density at radius 2 is 1.88 bits per heavy atom. The monoisotopic (exact) mass is 450 g/mol. The zero-order valence-electron chi connectivity index (χ0n) is 15.6. The molecule has 2 rings (SSSR count). The Balaban J connectivity index is 0.00000288. The number of hydrogen-bond acceptors (Lipinski definition) is 2. The Morgan fingerprint density at radius 3 is 2.42 bits per heavy atom. The molecule has 2 aliphatic rings. The molecule has 6 heteroatoms. The summed E-state index contributed by atoms with van der Waals surface area (Å²) in [7, 11) is 1.72. The molecule has 0 aromatic rings. The van der Waals surface area contributed by atoms with Gasteiger partial charge >= 0.3 is 0 Å². The van der Waals surface area contributed by atoms with Crippen molar-refractivity contribution in [1.82, 2.24) is 15.5 Å². The van der Waals surface area contributed by atoms with E-state index >= 15 is 0 Å². The average molecular weight is 450 g/mol. The maximum atomic E-state index is 11.5. The Labute approximate surface area is 164 Å². The summed E-state index contributed by atoms with van der Waals surface area (Å²) in [6.45, 7) is 8.36. The van der Waals surface area contributed by atoms with E-state index in [2.05, 4.69) is 29.4 Å². The van der Waals surface area contributed by atoms with Crippen molar-refractivity contribution in [3.63, 3.8) is 0 Å². The fourth-order valence-electron chi connectivity index (χ4n) is 3.79. The highest BCUT2D eigenvalue weighted by molar-refractivity contribution is 14.0. The summed E-state index contributed by atoms with van der Waals surface area (Å²) < 4.78 is 0. The number of carbonyl (C=O) groups is 1. The van der Waals surface area contributed by atoms with Crippen molar-refractivity contribution < 1.29 is 4.79 Å². The highest BCUT2D eigenvalue weighted by Crippen LogP contribution is 2.37. The van der Waals surface area contributed by atoms with Gasteiger partial charge in [-0.25, -0.2) is 0 Å². The molecule has 1 heterocycles. The van der Waals surface area contributed by atoms with E-state index in [4.69, 9.17) is 4.99 Å². The molecule has 1 aliphatic heterocycles. The number of halogens is 1. The number of rotatable bonds is 5. The molecule has 0 radical (unpaired) electrons. The zero-order valence-corrected chi connectivity index (χ0v) is 17.9. The van der Waals surface area contributed by atoms with Crippen LogP contribution in [0, 0.1) is 11.3 Å². The van der Waals surface area contributed by atoms with E-state index in [0.29, 0.717) is 17.8 Å². The van der Waals surface area contributed by atoms with Crippen LogP contribution >= 0.6 is 24.0 Å². The molecule has 0 bridgehead atoms. The highest BCUT2D eigenvalue weighted by atomic mass is 127. The lowest BCUT2D eigenvalue weighted by atomic mass is 9.89.